The smallest absolute Gasteiger partial charge is 0.0974 e. The first-order chi connectivity index (χ1) is 6.79. The molecule has 0 aliphatic heterocycles. The number of nitrogens with zero attached hydrogens (tertiary/aromatic N) is 3. The molecule has 1 aliphatic carbocycles. The van der Waals surface area contributed by atoms with E-state index in [1.165, 1.54) is 25.7 Å². The second-order valence-corrected chi connectivity index (χ2v) is 4.50. The lowest BCUT2D eigenvalue weighted by Crippen LogP contribution is -2.17. The maximum Gasteiger partial charge on any atom is 0.0974 e. The Balaban J connectivity index is 2.01. The molecule has 0 N–H and O–H groups in total. The predicted molar refractivity (Wildman–Crippen MR) is 56.2 cm³/mol. The Hall–Kier alpha value is -0.570. The van der Waals surface area contributed by atoms with E-state index >= 15 is 0 Å². The van der Waals surface area contributed by atoms with Crippen LogP contribution in [-0.4, -0.2) is 15.0 Å². The van der Waals surface area contributed by atoms with Crippen molar-refractivity contribution in [2.24, 2.45) is 5.92 Å². The van der Waals surface area contributed by atoms with Crippen molar-refractivity contribution < 1.29 is 0 Å². The van der Waals surface area contributed by atoms with Crippen LogP contribution in [0.4, 0.5) is 0 Å². The van der Waals surface area contributed by atoms with Gasteiger partial charge in [-0.3, -0.25) is 0 Å². The van der Waals surface area contributed by atoms with Crippen LogP contribution in [0, 0.1) is 5.92 Å². The van der Waals surface area contributed by atoms with E-state index in [1.807, 2.05) is 10.9 Å². The highest BCUT2D eigenvalue weighted by molar-refractivity contribution is 6.16. The van der Waals surface area contributed by atoms with E-state index in [0.29, 0.717) is 11.9 Å². The average Bonchev–Trinajstić information content (AvgIpc) is 2.67. The second kappa shape index (κ2) is 4.30. The summed E-state index contributed by atoms with van der Waals surface area (Å²) in [5, 5.41) is 8.13. The van der Waals surface area contributed by atoms with Crippen molar-refractivity contribution in [3.8, 4) is 0 Å². The van der Waals surface area contributed by atoms with Gasteiger partial charge < -0.3 is 0 Å². The molecule has 1 aromatic rings. The minimum atomic E-state index is 0.461. The van der Waals surface area contributed by atoms with E-state index in [2.05, 4.69) is 17.2 Å². The molecule has 1 aliphatic rings. The summed E-state index contributed by atoms with van der Waals surface area (Å²) in [5.74, 6) is 1.34. The van der Waals surface area contributed by atoms with Crippen molar-refractivity contribution in [1.82, 2.24) is 15.0 Å². The summed E-state index contributed by atoms with van der Waals surface area (Å²) in [5.41, 5.74) is 0.880. The molecular weight excluding hydrogens is 198 g/mol. The van der Waals surface area contributed by atoms with Crippen molar-refractivity contribution in [2.75, 3.05) is 0 Å². The second-order valence-electron chi connectivity index (χ2n) is 4.24. The van der Waals surface area contributed by atoms with E-state index in [1.54, 1.807) is 0 Å². The maximum atomic E-state index is 5.69. The van der Waals surface area contributed by atoms with Gasteiger partial charge in [0.25, 0.3) is 0 Å². The normalized spacial score (nSPS) is 27.9. The van der Waals surface area contributed by atoms with Gasteiger partial charge >= 0.3 is 0 Å². The van der Waals surface area contributed by atoms with Crippen LogP contribution in [0.3, 0.4) is 0 Å². The summed E-state index contributed by atoms with van der Waals surface area (Å²) >= 11 is 5.69. The first-order valence-electron chi connectivity index (χ1n) is 5.26. The fraction of sp³-hybridized carbons (Fsp3) is 0.800. The highest BCUT2D eigenvalue weighted by atomic mass is 35.5. The summed E-state index contributed by atoms with van der Waals surface area (Å²) in [6, 6.07) is 0.552. The molecule has 78 valence electrons. The number of hydrogen-bond donors (Lipinski definition) is 0. The monoisotopic (exact) mass is 213 g/mol. The Kier molecular flexibility index (Phi) is 3.06. The molecule has 2 rings (SSSR count). The zero-order chi connectivity index (χ0) is 9.97. The van der Waals surface area contributed by atoms with Crippen molar-refractivity contribution in [3.05, 3.63) is 11.9 Å². The number of rotatable bonds is 2. The number of halogens is 1. The van der Waals surface area contributed by atoms with Crippen LogP contribution in [0.5, 0.6) is 0 Å². The minimum Gasteiger partial charge on any atom is -0.249 e. The molecule has 0 atom stereocenters. The molecule has 0 unspecified atom stereocenters. The summed E-state index contributed by atoms with van der Waals surface area (Å²) in [6.07, 6.45) is 7.05. The third-order valence-corrected chi connectivity index (χ3v) is 3.33. The van der Waals surface area contributed by atoms with Gasteiger partial charge in [0.2, 0.25) is 0 Å². The minimum absolute atomic E-state index is 0.461. The zero-order valence-electron chi connectivity index (χ0n) is 8.49. The molecule has 4 heteroatoms. The van der Waals surface area contributed by atoms with Gasteiger partial charge in [0.05, 0.1) is 17.6 Å². The maximum absolute atomic E-state index is 5.69. The molecule has 0 spiro atoms. The Labute approximate surface area is 89.4 Å². The van der Waals surface area contributed by atoms with Gasteiger partial charge in [-0.15, -0.1) is 16.7 Å². The zero-order valence-corrected chi connectivity index (χ0v) is 9.24. The van der Waals surface area contributed by atoms with E-state index in [9.17, 15) is 0 Å². The Morgan fingerprint density at radius 1 is 1.43 bits per heavy atom. The fourth-order valence-electron chi connectivity index (χ4n) is 2.06. The molecule has 1 fully saturated rings. The van der Waals surface area contributed by atoms with Gasteiger partial charge in [-0.05, 0) is 31.6 Å². The van der Waals surface area contributed by atoms with E-state index in [4.69, 9.17) is 11.6 Å². The largest absolute Gasteiger partial charge is 0.249 e. The molecule has 3 nitrogen and oxygen atoms in total. The van der Waals surface area contributed by atoms with Gasteiger partial charge in [-0.2, -0.15) is 0 Å². The number of hydrogen-bond acceptors (Lipinski definition) is 2. The lowest BCUT2D eigenvalue weighted by Gasteiger charge is -2.25. The Morgan fingerprint density at radius 2 is 2.14 bits per heavy atom. The summed E-state index contributed by atoms with van der Waals surface area (Å²) in [4.78, 5) is 0. The molecule has 0 saturated heterocycles. The van der Waals surface area contributed by atoms with Gasteiger partial charge in [0.15, 0.2) is 0 Å². The SMILES string of the molecule is CC1CCC(n2cc(CCl)nn2)CC1. The lowest BCUT2D eigenvalue weighted by molar-refractivity contribution is 0.270. The Morgan fingerprint density at radius 3 is 2.71 bits per heavy atom. The van der Waals surface area contributed by atoms with Gasteiger partial charge in [0.1, 0.15) is 0 Å². The molecule has 0 amide bonds. The standard InChI is InChI=1S/C10H16ClN3/c1-8-2-4-10(5-3-8)14-7-9(6-11)12-13-14/h7-8,10H,2-6H2,1H3. The van der Waals surface area contributed by atoms with Gasteiger partial charge in [-0.1, -0.05) is 12.1 Å². The van der Waals surface area contributed by atoms with Crippen LogP contribution in [-0.2, 0) is 5.88 Å². The van der Waals surface area contributed by atoms with Crippen LogP contribution in [0.1, 0.15) is 44.3 Å². The van der Waals surface area contributed by atoms with Crippen molar-refractivity contribution in [1.29, 1.82) is 0 Å². The topological polar surface area (TPSA) is 30.7 Å². The van der Waals surface area contributed by atoms with E-state index < -0.39 is 0 Å². The summed E-state index contributed by atoms with van der Waals surface area (Å²) in [7, 11) is 0. The molecule has 1 aromatic heterocycles. The van der Waals surface area contributed by atoms with Crippen LogP contribution in [0.2, 0.25) is 0 Å². The van der Waals surface area contributed by atoms with Crippen molar-refractivity contribution >= 4 is 11.6 Å². The molecule has 1 heterocycles. The fourth-order valence-corrected chi connectivity index (χ4v) is 2.18. The Bertz CT molecular complexity index is 289. The third kappa shape index (κ3) is 2.08. The molecular formula is C10H16ClN3. The average molecular weight is 214 g/mol. The van der Waals surface area contributed by atoms with E-state index in [-0.39, 0.29) is 0 Å². The third-order valence-electron chi connectivity index (χ3n) is 3.05. The predicted octanol–water partition coefficient (Wildman–Crippen LogP) is 2.77. The molecule has 1 saturated carbocycles. The molecule has 0 radical (unpaired) electrons. The van der Waals surface area contributed by atoms with Crippen LogP contribution >= 0.6 is 11.6 Å². The van der Waals surface area contributed by atoms with Crippen molar-refractivity contribution in [2.45, 2.75) is 44.5 Å². The summed E-state index contributed by atoms with van der Waals surface area (Å²) in [6.45, 7) is 2.32. The first kappa shape index (κ1) is 9.97. The van der Waals surface area contributed by atoms with E-state index in [0.717, 1.165) is 11.6 Å². The highest BCUT2D eigenvalue weighted by Crippen LogP contribution is 2.31. The highest BCUT2D eigenvalue weighted by Gasteiger charge is 2.20. The quantitative estimate of drug-likeness (QED) is 0.708. The van der Waals surface area contributed by atoms with Crippen molar-refractivity contribution in [3.63, 3.8) is 0 Å². The van der Waals surface area contributed by atoms with Crippen LogP contribution in [0.25, 0.3) is 0 Å². The first-order valence-corrected chi connectivity index (χ1v) is 5.79. The molecule has 0 aromatic carbocycles. The van der Waals surface area contributed by atoms with Gasteiger partial charge in [0, 0.05) is 6.20 Å². The number of alkyl halides is 1. The number of aromatic nitrogens is 3. The van der Waals surface area contributed by atoms with Gasteiger partial charge in [-0.25, -0.2) is 4.68 Å². The van der Waals surface area contributed by atoms with Crippen LogP contribution < -0.4 is 0 Å². The molecule has 14 heavy (non-hydrogen) atoms. The lowest BCUT2D eigenvalue weighted by atomic mass is 9.87. The summed E-state index contributed by atoms with van der Waals surface area (Å²) < 4.78 is 1.99. The molecule has 0 bridgehead atoms. The van der Waals surface area contributed by atoms with Crippen LogP contribution in [0.15, 0.2) is 6.20 Å².